The molecule has 1 aliphatic heterocycles. The zero-order valence-corrected chi connectivity index (χ0v) is 17.9. The summed E-state index contributed by atoms with van der Waals surface area (Å²) in [7, 11) is 3.39. The van der Waals surface area contributed by atoms with Crippen molar-refractivity contribution in [3.8, 4) is 5.75 Å². The Morgan fingerprint density at radius 2 is 2.30 bits per heavy atom. The monoisotopic (exact) mass is 435 g/mol. The molecule has 2 N–H and O–H groups in total. The number of carbonyl (C=O) groups excluding carboxylic acids is 2. The lowest BCUT2D eigenvalue weighted by atomic mass is 10.1. The maximum Gasteiger partial charge on any atom is 0.237 e. The van der Waals surface area contributed by atoms with Crippen molar-refractivity contribution in [3.63, 3.8) is 0 Å². The number of hydrogen-bond acceptors (Lipinski definition) is 6. The molecule has 1 atom stereocenters. The summed E-state index contributed by atoms with van der Waals surface area (Å²) in [5.41, 5.74) is 0.461. The number of hydrogen-bond donors (Lipinski definition) is 2. The molecule has 1 fully saturated rings. The van der Waals surface area contributed by atoms with Crippen LogP contribution < -0.4 is 15.4 Å². The van der Waals surface area contributed by atoms with Crippen LogP contribution in [0.5, 0.6) is 5.75 Å². The number of nitrogens with zero attached hydrogens (tertiary/aromatic N) is 3. The van der Waals surface area contributed by atoms with Gasteiger partial charge in [0.25, 0.3) is 0 Å². The Morgan fingerprint density at radius 3 is 3.00 bits per heavy atom. The SMILES string of the molecule is COc1ccc(CN2CCNC(=O)C2CC(=O)NCCSc2nccn2C)c(F)c1. The molecule has 1 saturated heterocycles. The molecule has 0 bridgehead atoms. The summed E-state index contributed by atoms with van der Waals surface area (Å²) in [6, 6.07) is 4.01. The van der Waals surface area contributed by atoms with Crippen LogP contribution in [0.3, 0.4) is 0 Å². The van der Waals surface area contributed by atoms with Gasteiger partial charge in [-0.15, -0.1) is 0 Å². The van der Waals surface area contributed by atoms with E-state index in [0.29, 0.717) is 36.7 Å². The van der Waals surface area contributed by atoms with Gasteiger partial charge in [0.15, 0.2) is 5.16 Å². The molecule has 2 heterocycles. The first kappa shape index (κ1) is 22.1. The van der Waals surface area contributed by atoms with Gasteiger partial charge in [0.1, 0.15) is 11.6 Å². The highest BCUT2D eigenvalue weighted by Crippen LogP contribution is 2.20. The summed E-state index contributed by atoms with van der Waals surface area (Å²) in [5.74, 6) is 0.293. The second kappa shape index (κ2) is 10.4. The van der Waals surface area contributed by atoms with Crippen LogP contribution in [0.2, 0.25) is 0 Å². The van der Waals surface area contributed by atoms with Gasteiger partial charge >= 0.3 is 0 Å². The summed E-state index contributed by atoms with van der Waals surface area (Å²) in [6.45, 7) is 1.73. The number of thioether (sulfide) groups is 1. The minimum atomic E-state index is -0.637. The number of piperazine rings is 1. The highest BCUT2D eigenvalue weighted by Gasteiger charge is 2.32. The summed E-state index contributed by atoms with van der Waals surface area (Å²) < 4.78 is 21.3. The zero-order valence-electron chi connectivity index (χ0n) is 17.1. The third-order valence-corrected chi connectivity index (χ3v) is 5.95. The molecule has 2 amide bonds. The minimum Gasteiger partial charge on any atom is -0.497 e. The fourth-order valence-electron chi connectivity index (χ4n) is 3.25. The number of rotatable bonds is 9. The van der Waals surface area contributed by atoms with E-state index < -0.39 is 11.9 Å². The van der Waals surface area contributed by atoms with Crippen LogP contribution >= 0.6 is 11.8 Å². The van der Waals surface area contributed by atoms with Crippen LogP contribution in [-0.4, -0.2) is 64.8 Å². The second-order valence-corrected chi connectivity index (χ2v) is 8.02. The highest BCUT2D eigenvalue weighted by molar-refractivity contribution is 7.99. The lowest BCUT2D eigenvalue weighted by Gasteiger charge is -2.34. The van der Waals surface area contributed by atoms with Crippen molar-refractivity contribution in [1.82, 2.24) is 25.1 Å². The zero-order chi connectivity index (χ0) is 21.5. The van der Waals surface area contributed by atoms with Crippen LogP contribution in [0.25, 0.3) is 0 Å². The molecule has 0 aliphatic carbocycles. The molecule has 0 saturated carbocycles. The van der Waals surface area contributed by atoms with Crippen LogP contribution in [0.15, 0.2) is 35.7 Å². The number of methoxy groups -OCH3 is 1. The average molecular weight is 436 g/mol. The number of amides is 2. The molecule has 1 aromatic carbocycles. The predicted molar refractivity (Wildman–Crippen MR) is 112 cm³/mol. The van der Waals surface area contributed by atoms with E-state index in [1.54, 1.807) is 30.1 Å². The van der Waals surface area contributed by atoms with E-state index >= 15 is 0 Å². The Bertz CT molecular complexity index is 891. The normalized spacial score (nSPS) is 16.9. The molecule has 3 rings (SSSR count). The van der Waals surface area contributed by atoms with Gasteiger partial charge in [-0.05, 0) is 6.07 Å². The summed E-state index contributed by atoms with van der Waals surface area (Å²) in [4.78, 5) is 30.8. The van der Waals surface area contributed by atoms with Crippen molar-refractivity contribution in [2.75, 3.05) is 32.5 Å². The van der Waals surface area contributed by atoms with Gasteiger partial charge < -0.3 is 19.9 Å². The van der Waals surface area contributed by atoms with Gasteiger partial charge in [-0.2, -0.15) is 0 Å². The lowest BCUT2D eigenvalue weighted by Crippen LogP contribution is -2.56. The van der Waals surface area contributed by atoms with Crippen LogP contribution in [0, 0.1) is 5.82 Å². The van der Waals surface area contributed by atoms with E-state index in [2.05, 4.69) is 15.6 Å². The van der Waals surface area contributed by atoms with E-state index in [-0.39, 0.29) is 24.8 Å². The molecular formula is C20H26FN5O3S. The van der Waals surface area contributed by atoms with Crippen LogP contribution in [-0.2, 0) is 23.2 Å². The van der Waals surface area contributed by atoms with Gasteiger partial charge in [0.2, 0.25) is 11.8 Å². The molecule has 1 unspecified atom stereocenters. The van der Waals surface area contributed by atoms with Gasteiger partial charge in [-0.25, -0.2) is 9.37 Å². The van der Waals surface area contributed by atoms with Crippen molar-refractivity contribution in [3.05, 3.63) is 42.0 Å². The Balaban J connectivity index is 1.53. The highest BCUT2D eigenvalue weighted by atomic mass is 32.2. The number of imidazole rings is 1. The van der Waals surface area contributed by atoms with Crippen molar-refractivity contribution < 1.29 is 18.7 Å². The van der Waals surface area contributed by atoms with E-state index in [1.165, 1.54) is 13.2 Å². The Labute approximate surface area is 179 Å². The largest absolute Gasteiger partial charge is 0.497 e. The number of ether oxygens (including phenoxy) is 1. The first-order valence-electron chi connectivity index (χ1n) is 9.69. The van der Waals surface area contributed by atoms with E-state index in [0.717, 1.165) is 5.16 Å². The smallest absolute Gasteiger partial charge is 0.237 e. The van der Waals surface area contributed by atoms with E-state index in [9.17, 15) is 14.0 Å². The first-order chi connectivity index (χ1) is 14.5. The van der Waals surface area contributed by atoms with E-state index in [1.807, 2.05) is 22.7 Å². The number of aryl methyl sites for hydroxylation is 1. The standard InChI is InChI=1S/C20H26FN5O3S/c1-25-8-5-24-20(25)30-10-7-22-18(27)12-17-19(28)23-6-9-26(17)13-14-3-4-15(29-2)11-16(14)21/h3-5,8,11,17H,6-7,9-10,12-13H2,1-2H3,(H,22,27)(H,23,28). The molecule has 0 spiro atoms. The molecule has 162 valence electrons. The van der Waals surface area contributed by atoms with Gasteiger partial charge in [0, 0.05) is 63.0 Å². The van der Waals surface area contributed by atoms with Crippen molar-refractivity contribution in [2.24, 2.45) is 7.05 Å². The maximum absolute atomic E-state index is 14.3. The lowest BCUT2D eigenvalue weighted by molar-refractivity contribution is -0.134. The predicted octanol–water partition coefficient (Wildman–Crippen LogP) is 1.17. The third-order valence-electron chi connectivity index (χ3n) is 4.89. The second-order valence-electron chi connectivity index (χ2n) is 6.96. The van der Waals surface area contributed by atoms with Gasteiger partial charge in [-0.3, -0.25) is 14.5 Å². The van der Waals surface area contributed by atoms with Gasteiger partial charge in [0.05, 0.1) is 19.6 Å². The third kappa shape index (κ3) is 5.73. The number of nitrogens with one attached hydrogen (secondary N) is 2. The Kier molecular flexibility index (Phi) is 7.69. The fraction of sp³-hybridized carbons (Fsp3) is 0.450. The van der Waals surface area contributed by atoms with Crippen LogP contribution in [0.4, 0.5) is 4.39 Å². The molecule has 8 nitrogen and oxygen atoms in total. The average Bonchev–Trinajstić information content (AvgIpc) is 3.14. The van der Waals surface area contributed by atoms with Crippen molar-refractivity contribution in [1.29, 1.82) is 0 Å². The number of halogens is 1. The maximum atomic E-state index is 14.3. The number of benzene rings is 1. The summed E-state index contributed by atoms with van der Waals surface area (Å²) in [6.07, 6.45) is 3.61. The molecule has 0 radical (unpaired) electrons. The number of carbonyl (C=O) groups is 2. The van der Waals surface area contributed by atoms with Crippen LogP contribution in [0.1, 0.15) is 12.0 Å². The fourth-order valence-corrected chi connectivity index (χ4v) is 4.03. The number of aromatic nitrogens is 2. The minimum absolute atomic E-state index is 0.0245. The molecule has 1 aromatic heterocycles. The van der Waals surface area contributed by atoms with Crippen molar-refractivity contribution >= 4 is 23.6 Å². The summed E-state index contributed by atoms with van der Waals surface area (Å²) in [5, 5.41) is 6.52. The molecule has 2 aromatic rings. The molecular weight excluding hydrogens is 409 g/mol. The first-order valence-corrected chi connectivity index (χ1v) is 10.7. The van der Waals surface area contributed by atoms with Gasteiger partial charge in [-0.1, -0.05) is 17.8 Å². The topological polar surface area (TPSA) is 88.5 Å². The molecule has 1 aliphatic rings. The van der Waals surface area contributed by atoms with Crippen molar-refractivity contribution in [2.45, 2.75) is 24.2 Å². The quantitative estimate of drug-likeness (QED) is 0.454. The van der Waals surface area contributed by atoms with E-state index in [4.69, 9.17) is 4.74 Å². The Hall–Kier alpha value is -2.59. The molecule has 30 heavy (non-hydrogen) atoms. The molecule has 10 heteroatoms. The summed E-state index contributed by atoms with van der Waals surface area (Å²) >= 11 is 1.54. The Morgan fingerprint density at radius 1 is 1.47 bits per heavy atom.